The Kier molecular flexibility index (Phi) is 4.28. The molecule has 0 fully saturated rings. The average Bonchev–Trinajstić information content (AvgIpc) is 3.13. The molecule has 1 atom stereocenters. The van der Waals surface area contributed by atoms with Crippen molar-refractivity contribution in [2.75, 3.05) is 20.5 Å². The summed E-state index contributed by atoms with van der Waals surface area (Å²) in [5.41, 5.74) is 1.61. The lowest BCUT2D eigenvalue weighted by Gasteiger charge is -2.16. The summed E-state index contributed by atoms with van der Waals surface area (Å²) in [5.74, 6) is 1.81. The molecule has 1 aromatic rings. The van der Waals surface area contributed by atoms with E-state index < -0.39 is 0 Å². The number of aliphatic hydroxyl groups excluding tert-OH is 1. The fourth-order valence-electron chi connectivity index (χ4n) is 2.36. The lowest BCUT2D eigenvalue weighted by Crippen LogP contribution is -2.14. The van der Waals surface area contributed by atoms with Crippen LogP contribution in [-0.4, -0.2) is 37.4 Å². The zero-order valence-electron chi connectivity index (χ0n) is 11.2. The van der Waals surface area contributed by atoms with Crippen LogP contribution in [0.25, 0.3) is 0 Å². The molecule has 0 saturated heterocycles. The minimum absolute atomic E-state index is 0.0801. The number of benzene rings is 1. The Labute approximate surface area is 138 Å². The van der Waals surface area contributed by atoms with Gasteiger partial charge in [0.25, 0.3) is 0 Å². The fraction of sp³-hybridized carbons (Fsp3) is 0.462. The first-order valence-electron chi connectivity index (χ1n) is 6.31. The molecule has 1 aromatic carbocycles. The highest BCUT2D eigenvalue weighted by molar-refractivity contribution is 9.11. The molecule has 1 N–H and O–H groups in total. The van der Waals surface area contributed by atoms with E-state index in [0.29, 0.717) is 35.8 Å². The number of ether oxygens (including phenoxy) is 3. The molecule has 0 unspecified atom stereocenters. The molecule has 0 amide bonds. The molecule has 2 aliphatic heterocycles. The molecular formula is C13H13Br2NO5. The number of methoxy groups -OCH3 is 1. The van der Waals surface area contributed by atoms with Gasteiger partial charge in [0.1, 0.15) is 6.10 Å². The summed E-state index contributed by atoms with van der Waals surface area (Å²) in [6, 6.07) is 0. The predicted octanol–water partition coefficient (Wildman–Crippen LogP) is 2.63. The van der Waals surface area contributed by atoms with E-state index in [1.54, 1.807) is 7.11 Å². The van der Waals surface area contributed by atoms with Crippen LogP contribution >= 0.6 is 31.9 Å². The highest BCUT2D eigenvalue weighted by Gasteiger charge is 2.31. The summed E-state index contributed by atoms with van der Waals surface area (Å²) < 4.78 is 18.0. The molecule has 2 heterocycles. The van der Waals surface area contributed by atoms with Gasteiger partial charge in [-0.05, 0) is 37.4 Å². The van der Waals surface area contributed by atoms with Gasteiger partial charge in [0.2, 0.25) is 12.5 Å². The minimum atomic E-state index is -0.121. The van der Waals surface area contributed by atoms with Crippen molar-refractivity contribution < 1.29 is 24.2 Å². The molecule has 114 valence electrons. The summed E-state index contributed by atoms with van der Waals surface area (Å²) in [6.45, 7) is 0.0845. The number of halogens is 2. The third-order valence-corrected chi connectivity index (χ3v) is 5.04. The van der Waals surface area contributed by atoms with Gasteiger partial charge in [0, 0.05) is 12.8 Å². The van der Waals surface area contributed by atoms with Crippen molar-refractivity contribution in [1.29, 1.82) is 0 Å². The van der Waals surface area contributed by atoms with Gasteiger partial charge in [-0.25, -0.2) is 0 Å². The second-order valence-electron chi connectivity index (χ2n) is 4.66. The fourth-order valence-corrected chi connectivity index (χ4v) is 3.98. The number of hydrogen-bond acceptors (Lipinski definition) is 6. The van der Waals surface area contributed by atoms with Crippen molar-refractivity contribution in [3.63, 3.8) is 0 Å². The van der Waals surface area contributed by atoms with Gasteiger partial charge in [-0.1, -0.05) is 5.16 Å². The molecule has 2 aliphatic rings. The Balaban J connectivity index is 1.92. The smallest absolute Gasteiger partial charge is 0.231 e. The number of aliphatic hydroxyl groups is 1. The van der Waals surface area contributed by atoms with E-state index >= 15 is 0 Å². The molecule has 8 heteroatoms. The van der Waals surface area contributed by atoms with Gasteiger partial charge in [-0.2, -0.15) is 0 Å². The second kappa shape index (κ2) is 6.02. The Hall–Kier alpha value is -0.990. The van der Waals surface area contributed by atoms with Crippen molar-refractivity contribution in [1.82, 2.24) is 0 Å². The van der Waals surface area contributed by atoms with Crippen LogP contribution in [0.3, 0.4) is 0 Å². The Morgan fingerprint density at radius 2 is 2.05 bits per heavy atom. The SMILES string of the molecule is COc1c(Br)c(C[C@@H]2CC(CO)=NO2)c(Br)c2c1OCO2. The molecule has 0 bridgehead atoms. The summed E-state index contributed by atoms with van der Waals surface area (Å²) in [7, 11) is 1.58. The third-order valence-electron chi connectivity index (χ3n) is 3.36. The Bertz CT molecular complexity index is 605. The zero-order chi connectivity index (χ0) is 15.0. The quantitative estimate of drug-likeness (QED) is 0.807. The number of rotatable bonds is 4. The van der Waals surface area contributed by atoms with Gasteiger partial charge in [-0.3, -0.25) is 0 Å². The monoisotopic (exact) mass is 421 g/mol. The van der Waals surface area contributed by atoms with Gasteiger partial charge in [0.05, 0.1) is 28.4 Å². The van der Waals surface area contributed by atoms with Crippen LogP contribution in [0, 0.1) is 0 Å². The van der Waals surface area contributed by atoms with Crippen LogP contribution in [0.1, 0.15) is 12.0 Å². The first kappa shape index (κ1) is 14.9. The van der Waals surface area contributed by atoms with Gasteiger partial charge in [0.15, 0.2) is 11.5 Å². The summed E-state index contributed by atoms with van der Waals surface area (Å²) in [4.78, 5) is 5.34. The van der Waals surface area contributed by atoms with Crippen LogP contribution in [-0.2, 0) is 11.3 Å². The lowest BCUT2D eigenvalue weighted by atomic mass is 10.0. The maximum atomic E-state index is 9.08. The van der Waals surface area contributed by atoms with Gasteiger partial charge < -0.3 is 24.2 Å². The van der Waals surface area contributed by atoms with E-state index in [0.717, 1.165) is 14.5 Å². The minimum Gasteiger partial charge on any atom is -0.492 e. The molecule has 3 rings (SSSR count). The van der Waals surface area contributed by atoms with E-state index in [4.69, 9.17) is 24.2 Å². The summed E-state index contributed by atoms with van der Waals surface area (Å²) in [6.07, 6.45) is 1.08. The van der Waals surface area contributed by atoms with Crippen LogP contribution in [0.15, 0.2) is 14.1 Å². The van der Waals surface area contributed by atoms with Crippen LogP contribution in [0.2, 0.25) is 0 Å². The number of oxime groups is 1. The standard InChI is InChI=1S/C13H13Br2NO5/c1-18-11-9(14)8(3-7-2-6(4-17)16-21-7)10(15)12-13(11)20-5-19-12/h7,17H,2-5H2,1H3/t7-/m0/s1. The number of hydrogen-bond donors (Lipinski definition) is 1. The Morgan fingerprint density at radius 1 is 1.29 bits per heavy atom. The van der Waals surface area contributed by atoms with Crippen molar-refractivity contribution in [2.45, 2.75) is 18.9 Å². The average molecular weight is 423 g/mol. The molecular weight excluding hydrogens is 410 g/mol. The predicted molar refractivity (Wildman–Crippen MR) is 82.2 cm³/mol. The van der Waals surface area contributed by atoms with E-state index in [9.17, 15) is 0 Å². The van der Waals surface area contributed by atoms with Gasteiger partial charge >= 0.3 is 0 Å². The Morgan fingerprint density at radius 3 is 2.71 bits per heavy atom. The lowest BCUT2D eigenvalue weighted by molar-refractivity contribution is 0.0855. The van der Waals surface area contributed by atoms with E-state index in [2.05, 4.69) is 37.0 Å². The molecule has 0 saturated carbocycles. The molecule has 0 aliphatic carbocycles. The molecule has 21 heavy (non-hydrogen) atoms. The van der Waals surface area contributed by atoms with Crippen LogP contribution < -0.4 is 14.2 Å². The van der Waals surface area contributed by atoms with Crippen molar-refractivity contribution in [3.05, 3.63) is 14.5 Å². The van der Waals surface area contributed by atoms with Gasteiger partial charge in [-0.15, -0.1) is 0 Å². The van der Waals surface area contributed by atoms with E-state index in [1.165, 1.54) is 0 Å². The number of nitrogens with zero attached hydrogens (tertiary/aromatic N) is 1. The van der Waals surface area contributed by atoms with Crippen LogP contribution in [0.5, 0.6) is 17.2 Å². The van der Waals surface area contributed by atoms with Crippen LogP contribution in [0.4, 0.5) is 0 Å². The van der Waals surface area contributed by atoms with Crippen molar-refractivity contribution in [2.24, 2.45) is 5.16 Å². The van der Waals surface area contributed by atoms with Crippen molar-refractivity contribution in [3.8, 4) is 17.2 Å². The maximum Gasteiger partial charge on any atom is 0.231 e. The molecule has 0 aromatic heterocycles. The summed E-state index contributed by atoms with van der Waals surface area (Å²) >= 11 is 7.11. The molecule has 0 radical (unpaired) electrons. The first-order valence-corrected chi connectivity index (χ1v) is 7.90. The number of fused-ring (bicyclic) bond motifs is 1. The normalized spacial score (nSPS) is 19.4. The topological polar surface area (TPSA) is 69.5 Å². The molecule has 0 spiro atoms. The highest BCUT2D eigenvalue weighted by Crippen LogP contribution is 2.52. The van der Waals surface area contributed by atoms with E-state index in [1.807, 2.05) is 0 Å². The summed E-state index contributed by atoms with van der Waals surface area (Å²) in [5, 5.41) is 12.9. The first-order chi connectivity index (χ1) is 10.2. The maximum absolute atomic E-state index is 9.08. The zero-order valence-corrected chi connectivity index (χ0v) is 14.4. The third kappa shape index (κ3) is 2.60. The second-order valence-corrected chi connectivity index (χ2v) is 6.24. The molecule has 6 nitrogen and oxygen atoms in total. The largest absolute Gasteiger partial charge is 0.492 e. The highest BCUT2D eigenvalue weighted by atomic mass is 79.9. The van der Waals surface area contributed by atoms with E-state index in [-0.39, 0.29) is 19.5 Å². The van der Waals surface area contributed by atoms with Crippen molar-refractivity contribution >= 4 is 37.6 Å².